The van der Waals surface area contributed by atoms with Crippen molar-refractivity contribution in [1.29, 1.82) is 0 Å². The minimum absolute atomic E-state index is 0.0623. The second-order valence-electron chi connectivity index (χ2n) is 7.69. The van der Waals surface area contributed by atoms with Crippen LogP contribution in [-0.4, -0.2) is 49.2 Å². The maximum Gasteiger partial charge on any atom is 0.243 e. The molecule has 0 saturated carbocycles. The van der Waals surface area contributed by atoms with E-state index in [-0.39, 0.29) is 5.75 Å². The molecular formula is C23H26N4O4S2. The van der Waals surface area contributed by atoms with Crippen LogP contribution in [0.2, 0.25) is 0 Å². The summed E-state index contributed by atoms with van der Waals surface area (Å²) < 4.78 is 32.9. The summed E-state index contributed by atoms with van der Waals surface area (Å²) in [5.74, 6) is 0.428. The zero-order valence-electron chi connectivity index (χ0n) is 18.3. The van der Waals surface area contributed by atoms with Crippen molar-refractivity contribution < 1.29 is 18.3 Å². The van der Waals surface area contributed by atoms with Gasteiger partial charge in [0.2, 0.25) is 15.2 Å². The Morgan fingerprint density at radius 1 is 1.15 bits per heavy atom. The SMILES string of the molecule is COc1cc(/C=N/Nc2nc(-c3cccc(S(=O)(=O)N4CCCCCC4)c3)cs2)ccc1O. The average molecular weight is 487 g/mol. The van der Waals surface area contributed by atoms with Crippen LogP contribution >= 0.6 is 11.3 Å². The van der Waals surface area contributed by atoms with Crippen molar-refractivity contribution in [2.24, 2.45) is 5.10 Å². The Morgan fingerprint density at radius 2 is 1.94 bits per heavy atom. The molecule has 1 aliphatic rings. The first kappa shape index (κ1) is 23.2. The summed E-state index contributed by atoms with van der Waals surface area (Å²) in [4.78, 5) is 4.83. The number of hydrogen-bond donors (Lipinski definition) is 2. The van der Waals surface area contributed by atoms with Crippen LogP contribution in [0.25, 0.3) is 11.3 Å². The van der Waals surface area contributed by atoms with Gasteiger partial charge in [-0.1, -0.05) is 25.0 Å². The van der Waals surface area contributed by atoms with E-state index in [1.807, 2.05) is 11.4 Å². The summed E-state index contributed by atoms with van der Waals surface area (Å²) in [6.07, 6.45) is 5.54. The molecule has 0 spiro atoms. The van der Waals surface area contributed by atoms with E-state index in [9.17, 15) is 13.5 Å². The first-order chi connectivity index (χ1) is 16.0. The van der Waals surface area contributed by atoms with Crippen molar-refractivity contribution in [3.63, 3.8) is 0 Å². The van der Waals surface area contributed by atoms with Gasteiger partial charge in [-0.3, -0.25) is 5.43 Å². The molecule has 0 aliphatic carbocycles. The summed E-state index contributed by atoms with van der Waals surface area (Å²) in [6, 6.07) is 11.9. The van der Waals surface area contributed by atoms with Gasteiger partial charge in [0.25, 0.3) is 0 Å². The topological polar surface area (TPSA) is 104 Å². The normalized spacial score (nSPS) is 15.4. The van der Waals surface area contributed by atoms with Gasteiger partial charge in [0.1, 0.15) is 0 Å². The molecule has 0 bridgehead atoms. The van der Waals surface area contributed by atoms with Gasteiger partial charge in [0, 0.05) is 24.0 Å². The molecule has 3 aromatic rings. The molecular weight excluding hydrogens is 460 g/mol. The van der Waals surface area contributed by atoms with Gasteiger partial charge >= 0.3 is 0 Å². The van der Waals surface area contributed by atoms with Crippen molar-refractivity contribution >= 4 is 32.7 Å². The first-order valence-electron chi connectivity index (χ1n) is 10.7. The van der Waals surface area contributed by atoms with Crippen LogP contribution in [-0.2, 0) is 10.0 Å². The highest BCUT2D eigenvalue weighted by Crippen LogP contribution is 2.29. The van der Waals surface area contributed by atoms with Gasteiger partial charge in [0.15, 0.2) is 11.5 Å². The number of methoxy groups -OCH3 is 1. The number of phenols is 1. The Morgan fingerprint density at radius 3 is 2.70 bits per heavy atom. The highest BCUT2D eigenvalue weighted by molar-refractivity contribution is 7.89. The maximum absolute atomic E-state index is 13.1. The highest BCUT2D eigenvalue weighted by atomic mass is 32.2. The van der Waals surface area contributed by atoms with E-state index in [4.69, 9.17) is 4.74 Å². The quantitative estimate of drug-likeness (QED) is 0.375. The zero-order chi connectivity index (χ0) is 23.3. The summed E-state index contributed by atoms with van der Waals surface area (Å²) >= 11 is 1.37. The number of ether oxygens (including phenoxy) is 1. The van der Waals surface area contributed by atoms with Crippen LogP contribution in [0.5, 0.6) is 11.5 Å². The minimum atomic E-state index is -3.52. The molecule has 0 unspecified atom stereocenters. The van der Waals surface area contributed by atoms with Crippen LogP contribution in [0.1, 0.15) is 31.2 Å². The lowest BCUT2D eigenvalue weighted by Gasteiger charge is -2.20. The number of anilines is 1. The Labute approximate surface area is 197 Å². The van der Waals surface area contributed by atoms with Gasteiger partial charge < -0.3 is 9.84 Å². The molecule has 1 aliphatic heterocycles. The summed E-state index contributed by atoms with van der Waals surface area (Å²) in [6.45, 7) is 1.14. The molecule has 0 atom stereocenters. The first-order valence-corrected chi connectivity index (χ1v) is 13.0. The van der Waals surface area contributed by atoms with E-state index < -0.39 is 10.0 Å². The van der Waals surface area contributed by atoms with Crippen molar-refractivity contribution in [1.82, 2.24) is 9.29 Å². The standard InChI is InChI=1S/C23H26N4O4S2/c1-31-22-13-17(9-10-21(22)28)15-24-26-23-25-20(16-32-23)18-7-6-8-19(14-18)33(29,30)27-11-4-2-3-5-12-27/h6-10,13-16,28H,2-5,11-12H2,1H3,(H,25,26)/b24-15+. The molecule has 1 fully saturated rings. The number of phenolic OH excluding ortho intramolecular Hbond substituents is 1. The van der Waals surface area contributed by atoms with E-state index in [0.717, 1.165) is 36.8 Å². The van der Waals surface area contributed by atoms with E-state index in [2.05, 4.69) is 15.5 Å². The number of hydrazone groups is 1. The summed E-state index contributed by atoms with van der Waals surface area (Å²) in [5.41, 5.74) is 5.05. The summed E-state index contributed by atoms with van der Waals surface area (Å²) in [7, 11) is -2.04. The third-order valence-electron chi connectivity index (χ3n) is 5.41. The Balaban J connectivity index is 1.47. The van der Waals surface area contributed by atoms with Crippen molar-refractivity contribution in [2.75, 3.05) is 25.6 Å². The number of rotatable bonds is 7. The number of benzene rings is 2. The Kier molecular flexibility index (Phi) is 7.26. The fourth-order valence-electron chi connectivity index (χ4n) is 3.64. The average Bonchev–Trinajstić information content (AvgIpc) is 3.12. The minimum Gasteiger partial charge on any atom is -0.504 e. The molecule has 33 heavy (non-hydrogen) atoms. The molecule has 1 aromatic heterocycles. The van der Waals surface area contributed by atoms with Gasteiger partial charge in [-0.05, 0) is 48.7 Å². The van der Waals surface area contributed by atoms with Gasteiger partial charge in [-0.15, -0.1) is 11.3 Å². The van der Waals surface area contributed by atoms with Crippen molar-refractivity contribution in [2.45, 2.75) is 30.6 Å². The molecule has 10 heteroatoms. The zero-order valence-corrected chi connectivity index (χ0v) is 19.9. The van der Waals surface area contributed by atoms with Crippen LogP contribution in [0, 0.1) is 0 Å². The molecule has 2 aromatic carbocycles. The summed E-state index contributed by atoms with van der Waals surface area (Å²) in [5, 5.41) is 16.3. The van der Waals surface area contributed by atoms with Crippen LogP contribution in [0.3, 0.4) is 0 Å². The Bertz CT molecular complexity index is 1230. The Hall–Kier alpha value is -2.95. The fraction of sp³-hybridized carbons (Fsp3) is 0.304. The third-order valence-corrected chi connectivity index (χ3v) is 8.06. The third kappa shape index (κ3) is 5.52. The molecule has 174 valence electrons. The number of nitrogens with zero attached hydrogens (tertiary/aromatic N) is 3. The van der Waals surface area contributed by atoms with E-state index >= 15 is 0 Å². The van der Waals surface area contributed by atoms with E-state index in [1.54, 1.807) is 40.9 Å². The monoisotopic (exact) mass is 486 g/mol. The maximum atomic E-state index is 13.1. The predicted molar refractivity (Wildman–Crippen MR) is 131 cm³/mol. The number of aromatic hydroxyl groups is 1. The molecule has 8 nitrogen and oxygen atoms in total. The molecule has 0 amide bonds. The van der Waals surface area contributed by atoms with E-state index in [1.165, 1.54) is 24.5 Å². The lowest BCUT2D eigenvalue weighted by Crippen LogP contribution is -2.31. The largest absolute Gasteiger partial charge is 0.504 e. The molecule has 2 heterocycles. The lowest BCUT2D eigenvalue weighted by atomic mass is 10.2. The van der Waals surface area contributed by atoms with Crippen molar-refractivity contribution in [3.8, 4) is 22.8 Å². The molecule has 4 rings (SSSR count). The highest BCUT2D eigenvalue weighted by Gasteiger charge is 2.25. The fourth-order valence-corrected chi connectivity index (χ4v) is 5.87. The smallest absolute Gasteiger partial charge is 0.243 e. The molecule has 1 saturated heterocycles. The number of aromatic nitrogens is 1. The molecule has 0 radical (unpaired) electrons. The second-order valence-corrected chi connectivity index (χ2v) is 10.5. The predicted octanol–water partition coefficient (Wildman–Crippen LogP) is 4.54. The second kappa shape index (κ2) is 10.3. The van der Waals surface area contributed by atoms with Crippen LogP contribution < -0.4 is 10.2 Å². The van der Waals surface area contributed by atoms with E-state index in [0.29, 0.717) is 34.6 Å². The number of nitrogens with one attached hydrogen (secondary N) is 1. The van der Waals surface area contributed by atoms with Crippen LogP contribution in [0.4, 0.5) is 5.13 Å². The number of hydrogen-bond acceptors (Lipinski definition) is 8. The van der Waals surface area contributed by atoms with Crippen LogP contribution in [0.15, 0.2) is 57.8 Å². The van der Waals surface area contributed by atoms with Gasteiger partial charge in [0.05, 0.1) is 23.9 Å². The molecule has 2 N–H and O–H groups in total. The van der Waals surface area contributed by atoms with Gasteiger partial charge in [-0.2, -0.15) is 9.41 Å². The number of sulfonamides is 1. The lowest BCUT2D eigenvalue weighted by molar-refractivity contribution is 0.373. The van der Waals surface area contributed by atoms with Crippen molar-refractivity contribution in [3.05, 3.63) is 53.4 Å². The number of thiazole rings is 1. The van der Waals surface area contributed by atoms with Gasteiger partial charge in [-0.25, -0.2) is 13.4 Å².